The van der Waals surface area contributed by atoms with Gasteiger partial charge in [0.15, 0.2) is 11.0 Å². The average Bonchev–Trinajstić information content (AvgIpc) is 3.41. The third-order valence-corrected chi connectivity index (χ3v) is 7.33. The zero-order chi connectivity index (χ0) is 22.9. The monoisotopic (exact) mass is 464 g/mol. The van der Waals surface area contributed by atoms with Gasteiger partial charge in [-0.25, -0.2) is 9.97 Å². The molecular formula is C25H28N4O3S. The number of amides is 2. The predicted octanol–water partition coefficient (Wildman–Crippen LogP) is 5.53. The average molecular weight is 465 g/mol. The largest absolute Gasteiger partial charge is 0.436 e. The highest BCUT2D eigenvalue weighted by atomic mass is 32.1. The van der Waals surface area contributed by atoms with Crippen molar-refractivity contribution in [2.75, 3.05) is 16.8 Å². The smallest absolute Gasteiger partial charge is 0.295 e. The number of carbonyl (C=O) groups is 2. The first-order valence-corrected chi connectivity index (χ1v) is 12.5. The molecule has 5 rings (SSSR count). The summed E-state index contributed by atoms with van der Waals surface area (Å²) in [6, 6.07) is 6.22. The van der Waals surface area contributed by atoms with Gasteiger partial charge in [-0.15, -0.1) is 11.3 Å². The van der Waals surface area contributed by atoms with E-state index in [1.165, 1.54) is 49.0 Å². The van der Waals surface area contributed by atoms with Crippen LogP contribution in [-0.4, -0.2) is 28.3 Å². The maximum absolute atomic E-state index is 12.7. The molecule has 0 saturated heterocycles. The van der Waals surface area contributed by atoms with Crippen LogP contribution in [0.15, 0.2) is 28.0 Å². The number of anilines is 2. The van der Waals surface area contributed by atoms with Crippen LogP contribution < -0.4 is 10.2 Å². The van der Waals surface area contributed by atoms with Crippen LogP contribution in [0.3, 0.4) is 0 Å². The van der Waals surface area contributed by atoms with Crippen molar-refractivity contribution in [1.29, 1.82) is 0 Å². The van der Waals surface area contributed by atoms with Gasteiger partial charge in [-0.3, -0.25) is 14.9 Å². The van der Waals surface area contributed by atoms with Crippen molar-refractivity contribution >= 4 is 34.0 Å². The molecule has 0 unspecified atom stereocenters. The van der Waals surface area contributed by atoms with Crippen LogP contribution >= 0.6 is 11.3 Å². The lowest BCUT2D eigenvalue weighted by molar-refractivity contribution is -0.119. The first-order chi connectivity index (χ1) is 16.0. The Bertz CT molecular complexity index is 1190. The molecule has 172 valence electrons. The molecule has 1 saturated carbocycles. The molecule has 0 spiro atoms. The van der Waals surface area contributed by atoms with Gasteiger partial charge in [0.1, 0.15) is 0 Å². The van der Waals surface area contributed by atoms with Crippen LogP contribution in [0, 0.1) is 19.8 Å². The van der Waals surface area contributed by atoms with Gasteiger partial charge in [0.25, 0.3) is 5.91 Å². The number of thiazole rings is 1. The number of oxazole rings is 1. The summed E-state index contributed by atoms with van der Waals surface area (Å²) in [5, 5.41) is 5.25. The van der Waals surface area contributed by atoms with E-state index < -0.39 is 0 Å². The lowest BCUT2D eigenvalue weighted by Gasteiger charge is -2.34. The Labute approximate surface area is 197 Å². The Hall–Kier alpha value is -3.00. The minimum absolute atomic E-state index is 0.209. The number of aryl methyl sites for hydroxylation is 3. The molecule has 2 amide bonds. The van der Waals surface area contributed by atoms with E-state index in [0.29, 0.717) is 29.1 Å². The molecule has 8 heteroatoms. The predicted molar refractivity (Wildman–Crippen MR) is 129 cm³/mol. The van der Waals surface area contributed by atoms with Gasteiger partial charge in [-0.05, 0) is 49.8 Å². The van der Waals surface area contributed by atoms with Gasteiger partial charge < -0.3 is 9.32 Å². The van der Waals surface area contributed by atoms with Crippen LogP contribution in [0.2, 0.25) is 0 Å². The number of rotatable bonds is 5. The van der Waals surface area contributed by atoms with Crippen molar-refractivity contribution in [1.82, 2.24) is 9.97 Å². The Morgan fingerprint density at radius 1 is 1.18 bits per heavy atom. The zero-order valence-corrected chi connectivity index (χ0v) is 19.8. The third-order valence-electron chi connectivity index (χ3n) is 6.58. The highest BCUT2D eigenvalue weighted by molar-refractivity contribution is 7.14. The van der Waals surface area contributed by atoms with Crippen molar-refractivity contribution in [2.24, 2.45) is 5.92 Å². The fourth-order valence-corrected chi connectivity index (χ4v) is 5.62. The number of benzene rings is 1. The van der Waals surface area contributed by atoms with E-state index in [1.807, 2.05) is 16.3 Å². The molecule has 1 aliphatic heterocycles. The van der Waals surface area contributed by atoms with E-state index in [4.69, 9.17) is 4.42 Å². The Morgan fingerprint density at radius 2 is 2.00 bits per heavy atom. The molecule has 0 radical (unpaired) electrons. The summed E-state index contributed by atoms with van der Waals surface area (Å²) in [7, 11) is 0. The normalized spacial score (nSPS) is 16.7. The fourth-order valence-electron chi connectivity index (χ4n) is 4.91. The first-order valence-electron chi connectivity index (χ1n) is 11.6. The first kappa shape index (κ1) is 21.8. The zero-order valence-electron chi connectivity index (χ0n) is 19.0. The van der Waals surface area contributed by atoms with Crippen LogP contribution in [0.25, 0.3) is 11.3 Å². The van der Waals surface area contributed by atoms with Gasteiger partial charge >= 0.3 is 0 Å². The van der Waals surface area contributed by atoms with E-state index in [-0.39, 0.29) is 17.6 Å². The van der Waals surface area contributed by atoms with Crippen LogP contribution in [0.4, 0.5) is 10.8 Å². The second-order valence-corrected chi connectivity index (χ2v) is 9.85. The summed E-state index contributed by atoms with van der Waals surface area (Å²) in [5.41, 5.74) is 4.59. The van der Waals surface area contributed by atoms with Gasteiger partial charge in [-0.2, -0.15) is 0 Å². The Balaban J connectivity index is 1.33. The topological polar surface area (TPSA) is 88.3 Å². The Morgan fingerprint density at radius 3 is 2.76 bits per heavy atom. The van der Waals surface area contributed by atoms with Crippen LogP contribution in [-0.2, 0) is 11.2 Å². The number of nitrogens with zero attached hydrogens (tertiary/aromatic N) is 3. The maximum Gasteiger partial charge on any atom is 0.295 e. The summed E-state index contributed by atoms with van der Waals surface area (Å²) < 4.78 is 5.40. The quantitative estimate of drug-likeness (QED) is 0.537. The molecule has 33 heavy (non-hydrogen) atoms. The lowest BCUT2D eigenvalue weighted by atomic mass is 9.88. The van der Waals surface area contributed by atoms with E-state index in [9.17, 15) is 9.59 Å². The van der Waals surface area contributed by atoms with Crippen molar-refractivity contribution in [3.63, 3.8) is 0 Å². The molecule has 1 aromatic carbocycles. The van der Waals surface area contributed by atoms with E-state index in [2.05, 4.69) is 27.4 Å². The number of aromatic nitrogens is 2. The highest BCUT2D eigenvalue weighted by Gasteiger charge is 2.27. The number of fused-ring (bicyclic) bond motifs is 1. The summed E-state index contributed by atoms with van der Waals surface area (Å²) in [6.45, 7) is 4.29. The van der Waals surface area contributed by atoms with E-state index >= 15 is 0 Å². The number of hydrogen-bond donors (Lipinski definition) is 1. The minimum Gasteiger partial charge on any atom is -0.436 e. The minimum atomic E-state index is -0.351. The van der Waals surface area contributed by atoms with Gasteiger partial charge in [0.2, 0.25) is 11.7 Å². The van der Waals surface area contributed by atoms with Crippen molar-refractivity contribution in [3.05, 3.63) is 46.5 Å². The molecule has 2 aliphatic rings. The van der Waals surface area contributed by atoms with E-state index in [0.717, 1.165) is 29.9 Å². The molecule has 3 aromatic rings. The molecule has 2 aromatic heterocycles. The molecule has 0 bridgehead atoms. The summed E-state index contributed by atoms with van der Waals surface area (Å²) in [4.78, 5) is 36.0. The van der Waals surface area contributed by atoms with Crippen molar-refractivity contribution in [2.45, 2.75) is 58.8 Å². The van der Waals surface area contributed by atoms with E-state index in [1.54, 1.807) is 13.8 Å². The van der Waals surface area contributed by atoms with Crippen molar-refractivity contribution in [3.8, 4) is 11.3 Å². The molecule has 1 aliphatic carbocycles. The summed E-state index contributed by atoms with van der Waals surface area (Å²) in [6.07, 6.45) is 7.61. The van der Waals surface area contributed by atoms with Crippen LogP contribution in [0.1, 0.15) is 66.2 Å². The fraction of sp³-hybridized carbons (Fsp3) is 0.440. The van der Waals surface area contributed by atoms with Gasteiger partial charge in [-0.1, -0.05) is 25.3 Å². The molecule has 1 N–H and O–H groups in total. The molecular weight excluding hydrogens is 436 g/mol. The Kier molecular flexibility index (Phi) is 6.01. The van der Waals surface area contributed by atoms with Crippen LogP contribution in [0.5, 0.6) is 0 Å². The number of hydrogen-bond acceptors (Lipinski definition) is 6. The van der Waals surface area contributed by atoms with Gasteiger partial charge in [0, 0.05) is 36.5 Å². The summed E-state index contributed by atoms with van der Waals surface area (Å²) >= 11 is 1.37. The standard InChI is InChI=1S/C25H28N4O3S/c1-15-23(32-16(2)26-15)24(31)28-25-27-20(14-33-25)18-8-10-21-19(12-18)9-11-22(30)29(21)13-17-6-4-3-5-7-17/h8,10,12,14,17H,3-7,9,11,13H2,1-2H3,(H,27,28,31). The molecule has 0 atom stereocenters. The molecule has 3 heterocycles. The molecule has 1 fully saturated rings. The second kappa shape index (κ2) is 9.09. The SMILES string of the molecule is Cc1nc(C)c(C(=O)Nc2nc(-c3ccc4c(c3)CCC(=O)N4CC3CCCCC3)cs2)o1. The van der Waals surface area contributed by atoms with Crippen molar-refractivity contribution < 1.29 is 14.0 Å². The number of nitrogens with one attached hydrogen (secondary N) is 1. The number of carbonyl (C=O) groups excluding carboxylic acids is 2. The maximum atomic E-state index is 12.7. The highest BCUT2D eigenvalue weighted by Crippen LogP contribution is 2.35. The summed E-state index contributed by atoms with van der Waals surface area (Å²) in [5.74, 6) is 1.16. The third kappa shape index (κ3) is 4.57. The second-order valence-electron chi connectivity index (χ2n) is 8.99. The molecule has 7 nitrogen and oxygen atoms in total. The van der Waals surface area contributed by atoms with Gasteiger partial charge in [0.05, 0.1) is 11.4 Å². The lowest BCUT2D eigenvalue weighted by Crippen LogP contribution is -2.39.